The molecular formula is C22H18N2O2. The smallest absolute Gasteiger partial charge is 0.128 e. The van der Waals surface area contributed by atoms with Crippen molar-refractivity contribution in [2.75, 3.05) is 11.5 Å². The molecule has 0 fully saturated rings. The molecule has 0 atom stereocenters. The van der Waals surface area contributed by atoms with E-state index in [4.69, 9.17) is 20.9 Å². The van der Waals surface area contributed by atoms with E-state index >= 15 is 0 Å². The van der Waals surface area contributed by atoms with Crippen LogP contribution in [0.4, 0.5) is 11.4 Å². The van der Waals surface area contributed by atoms with Crippen LogP contribution in [-0.2, 0) is 0 Å². The summed E-state index contributed by atoms with van der Waals surface area (Å²) in [6.07, 6.45) is 0. The van der Waals surface area contributed by atoms with Crippen molar-refractivity contribution in [2.45, 2.75) is 0 Å². The van der Waals surface area contributed by atoms with Crippen molar-refractivity contribution in [3.63, 3.8) is 0 Å². The summed E-state index contributed by atoms with van der Waals surface area (Å²) in [5.74, 6) is 3.00. The summed E-state index contributed by atoms with van der Waals surface area (Å²) in [6.45, 7) is 0. The predicted molar refractivity (Wildman–Crippen MR) is 106 cm³/mol. The van der Waals surface area contributed by atoms with Crippen molar-refractivity contribution in [1.29, 1.82) is 0 Å². The van der Waals surface area contributed by atoms with Crippen molar-refractivity contribution < 1.29 is 9.47 Å². The third kappa shape index (κ3) is 3.54. The van der Waals surface area contributed by atoms with Crippen molar-refractivity contribution in [2.24, 2.45) is 0 Å². The predicted octanol–water partition coefficient (Wildman–Crippen LogP) is 5.59. The molecule has 0 saturated carbocycles. The van der Waals surface area contributed by atoms with E-state index in [2.05, 4.69) is 0 Å². The lowest BCUT2D eigenvalue weighted by Crippen LogP contribution is -1.88. The molecular weight excluding hydrogens is 324 g/mol. The molecule has 26 heavy (non-hydrogen) atoms. The van der Waals surface area contributed by atoms with Gasteiger partial charge in [0.1, 0.15) is 23.0 Å². The molecule has 0 heterocycles. The molecule has 4 nitrogen and oxygen atoms in total. The Balaban J connectivity index is 1.59. The molecule has 0 aliphatic heterocycles. The van der Waals surface area contributed by atoms with Crippen LogP contribution in [0.15, 0.2) is 84.9 Å². The fourth-order valence-electron chi connectivity index (χ4n) is 2.67. The number of benzene rings is 4. The molecule has 4 rings (SSSR count). The molecule has 0 bridgehead atoms. The van der Waals surface area contributed by atoms with E-state index < -0.39 is 0 Å². The quantitative estimate of drug-likeness (QED) is 0.474. The average molecular weight is 342 g/mol. The molecule has 0 unspecified atom stereocenters. The highest BCUT2D eigenvalue weighted by molar-refractivity contribution is 5.85. The third-order valence-corrected chi connectivity index (χ3v) is 4.01. The van der Waals surface area contributed by atoms with Gasteiger partial charge in [-0.2, -0.15) is 0 Å². The maximum absolute atomic E-state index is 5.90. The number of anilines is 2. The normalized spacial score (nSPS) is 10.6. The van der Waals surface area contributed by atoms with Crippen LogP contribution in [0, 0.1) is 0 Å². The van der Waals surface area contributed by atoms with E-state index in [1.807, 2.05) is 84.9 Å². The van der Waals surface area contributed by atoms with Gasteiger partial charge in [0.2, 0.25) is 0 Å². The van der Waals surface area contributed by atoms with Gasteiger partial charge in [-0.1, -0.05) is 12.1 Å². The molecule has 0 spiro atoms. The fraction of sp³-hybridized carbons (Fsp3) is 0. The Morgan fingerprint density at radius 1 is 0.423 bits per heavy atom. The highest BCUT2D eigenvalue weighted by atomic mass is 16.5. The van der Waals surface area contributed by atoms with Crippen LogP contribution in [0.1, 0.15) is 0 Å². The largest absolute Gasteiger partial charge is 0.457 e. The zero-order valence-electron chi connectivity index (χ0n) is 14.1. The first-order valence-corrected chi connectivity index (χ1v) is 8.26. The van der Waals surface area contributed by atoms with Crippen LogP contribution in [0.5, 0.6) is 23.0 Å². The van der Waals surface area contributed by atoms with Crippen LogP contribution >= 0.6 is 0 Å². The van der Waals surface area contributed by atoms with E-state index in [1.165, 1.54) is 0 Å². The molecule has 4 aromatic rings. The Hall–Kier alpha value is -3.66. The zero-order chi connectivity index (χ0) is 17.9. The molecule has 4 heteroatoms. The number of nitrogen functional groups attached to an aromatic ring is 2. The molecule has 0 aliphatic rings. The summed E-state index contributed by atoms with van der Waals surface area (Å²) in [5.41, 5.74) is 12.8. The summed E-state index contributed by atoms with van der Waals surface area (Å²) in [6, 6.07) is 26.6. The van der Waals surface area contributed by atoms with Gasteiger partial charge < -0.3 is 20.9 Å². The zero-order valence-corrected chi connectivity index (χ0v) is 14.1. The lowest BCUT2D eigenvalue weighted by atomic mass is 10.1. The van der Waals surface area contributed by atoms with Crippen molar-refractivity contribution in [3.8, 4) is 23.0 Å². The second kappa shape index (κ2) is 6.69. The topological polar surface area (TPSA) is 70.5 Å². The summed E-state index contributed by atoms with van der Waals surface area (Å²) in [4.78, 5) is 0. The highest BCUT2D eigenvalue weighted by Gasteiger charge is 2.03. The highest BCUT2D eigenvalue weighted by Crippen LogP contribution is 2.30. The van der Waals surface area contributed by atoms with E-state index in [0.29, 0.717) is 11.4 Å². The first-order valence-electron chi connectivity index (χ1n) is 8.26. The average Bonchev–Trinajstić information content (AvgIpc) is 2.65. The molecule has 0 aromatic heterocycles. The minimum atomic E-state index is 0.709. The minimum Gasteiger partial charge on any atom is -0.457 e. The van der Waals surface area contributed by atoms with Gasteiger partial charge in [0.25, 0.3) is 0 Å². The minimum absolute atomic E-state index is 0.709. The molecule has 4 aromatic carbocycles. The Morgan fingerprint density at radius 2 is 0.808 bits per heavy atom. The van der Waals surface area contributed by atoms with Crippen LogP contribution < -0.4 is 20.9 Å². The van der Waals surface area contributed by atoms with Crippen LogP contribution in [0.2, 0.25) is 0 Å². The molecule has 4 N–H and O–H groups in total. The van der Waals surface area contributed by atoms with Gasteiger partial charge in [0.15, 0.2) is 0 Å². The van der Waals surface area contributed by atoms with Gasteiger partial charge >= 0.3 is 0 Å². The Kier molecular flexibility index (Phi) is 4.07. The number of hydrogen-bond acceptors (Lipinski definition) is 4. The van der Waals surface area contributed by atoms with Crippen molar-refractivity contribution in [1.82, 2.24) is 0 Å². The second-order valence-electron chi connectivity index (χ2n) is 6.01. The van der Waals surface area contributed by atoms with Crippen LogP contribution in [0.3, 0.4) is 0 Å². The number of rotatable bonds is 4. The summed E-state index contributed by atoms with van der Waals surface area (Å²) >= 11 is 0. The van der Waals surface area contributed by atoms with E-state index in [-0.39, 0.29) is 0 Å². The fourth-order valence-corrected chi connectivity index (χ4v) is 2.67. The van der Waals surface area contributed by atoms with Gasteiger partial charge in [-0.05, 0) is 83.6 Å². The maximum atomic E-state index is 5.90. The first kappa shape index (κ1) is 15.8. The molecule has 0 aliphatic carbocycles. The number of fused-ring (bicyclic) bond motifs is 1. The van der Waals surface area contributed by atoms with Gasteiger partial charge in [-0.25, -0.2) is 0 Å². The number of ether oxygens (including phenoxy) is 2. The van der Waals surface area contributed by atoms with Gasteiger partial charge in [0, 0.05) is 11.4 Å². The first-order chi connectivity index (χ1) is 12.7. The Labute approximate surface area is 151 Å². The van der Waals surface area contributed by atoms with Gasteiger partial charge in [-0.3, -0.25) is 0 Å². The monoisotopic (exact) mass is 342 g/mol. The van der Waals surface area contributed by atoms with Gasteiger partial charge in [0.05, 0.1) is 0 Å². The summed E-state index contributed by atoms with van der Waals surface area (Å²) < 4.78 is 11.8. The lowest BCUT2D eigenvalue weighted by molar-refractivity contribution is 0.482. The van der Waals surface area contributed by atoms with Crippen LogP contribution in [-0.4, -0.2) is 0 Å². The Bertz CT molecular complexity index is 960. The maximum Gasteiger partial charge on any atom is 0.128 e. The van der Waals surface area contributed by atoms with Crippen molar-refractivity contribution >= 4 is 22.1 Å². The van der Waals surface area contributed by atoms with E-state index in [9.17, 15) is 0 Å². The summed E-state index contributed by atoms with van der Waals surface area (Å²) in [5, 5.41) is 2.14. The standard InChI is InChI=1S/C22H18N2O2/c23-17-3-9-19(10-4-17)25-21-7-1-15-2-8-22(14-16(15)13-21)26-20-11-5-18(24)6-12-20/h1-14H,23-24H2. The molecule has 128 valence electrons. The Morgan fingerprint density at radius 3 is 1.23 bits per heavy atom. The molecule has 0 amide bonds. The summed E-state index contributed by atoms with van der Waals surface area (Å²) in [7, 11) is 0. The lowest BCUT2D eigenvalue weighted by Gasteiger charge is -2.09. The third-order valence-electron chi connectivity index (χ3n) is 4.01. The van der Waals surface area contributed by atoms with E-state index in [1.54, 1.807) is 0 Å². The molecule has 0 saturated heterocycles. The number of nitrogens with two attached hydrogens (primary N) is 2. The van der Waals surface area contributed by atoms with Crippen molar-refractivity contribution in [3.05, 3.63) is 84.9 Å². The second-order valence-corrected chi connectivity index (χ2v) is 6.01. The molecule has 0 radical (unpaired) electrons. The number of hydrogen-bond donors (Lipinski definition) is 2. The van der Waals surface area contributed by atoms with Crippen LogP contribution in [0.25, 0.3) is 10.8 Å². The SMILES string of the molecule is Nc1ccc(Oc2ccc3ccc(Oc4ccc(N)cc4)cc3c2)cc1. The van der Waals surface area contributed by atoms with E-state index in [0.717, 1.165) is 33.8 Å². The van der Waals surface area contributed by atoms with Gasteiger partial charge in [-0.15, -0.1) is 0 Å².